The van der Waals surface area contributed by atoms with Gasteiger partial charge >= 0.3 is 0 Å². The maximum atomic E-state index is 13.1. The number of fused-ring (bicyclic) bond motifs is 11. The Morgan fingerprint density at radius 1 is 0.342 bits per heavy atom. The summed E-state index contributed by atoms with van der Waals surface area (Å²) in [6.45, 7) is 8.86. The lowest BCUT2D eigenvalue weighted by molar-refractivity contribution is 0.361. The van der Waals surface area contributed by atoms with E-state index in [4.69, 9.17) is 0 Å². The van der Waals surface area contributed by atoms with Gasteiger partial charge in [-0.25, -0.2) is 0 Å². The van der Waals surface area contributed by atoms with Gasteiger partial charge in [0.15, 0.2) is 17.2 Å². The molecule has 12 aromatic rings. The molecule has 12 aromatic carbocycles. The van der Waals surface area contributed by atoms with Crippen LogP contribution < -0.4 is 37.1 Å². The van der Waals surface area contributed by atoms with E-state index in [0.717, 1.165) is 174 Å². The van der Waals surface area contributed by atoms with Crippen LogP contribution in [0.1, 0.15) is 120 Å². The predicted octanol–water partition coefficient (Wildman–Crippen LogP) is 16.8. The van der Waals surface area contributed by atoms with Gasteiger partial charge in [0.25, 0.3) is 0 Å². The van der Waals surface area contributed by atoms with Crippen molar-refractivity contribution in [1.82, 2.24) is 0 Å². The number of nitrogens with zero attached hydrogens (tertiary/aromatic N) is 2. The number of hydrogen-bond acceptors (Lipinski definition) is 7. The largest absolute Gasteiger partial charge is 0.509 e. The topological polar surface area (TPSA) is 108 Å². The molecular weight excluding hydrogens is 1420 g/mol. The normalized spacial score (nSPS) is 21.2. The Kier molecular flexibility index (Phi) is 16.9. The van der Waals surface area contributed by atoms with E-state index in [-0.39, 0.29) is 40.8 Å². The minimum atomic E-state index is -0.915. The lowest BCUT2D eigenvalue weighted by atomic mass is 9.58. The van der Waals surface area contributed by atoms with Gasteiger partial charge in [-0.3, -0.25) is 0 Å². The van der Waals surface area contributed by atoms with Crippen LogP contribution in [0.25, 0.3) is 44.5 Å². The lowest BCUT2D eigenvalue weighted by Gasteiger charge is -2.43. The summed E-state index contributed by atoms with van der Waals surface area (Å²) in [6.07, 6.45) is 22.7. The Labute approximate surface area is 690 Å². The van der Waals surface area contributed by atoms with Gasteiger partial charge in [0.2, 0.25) is 0 Å². The number of phenols is 5. The highest BCUT2D eigenvalue weighted by Crippen LogP contribution is 2.68. The smallest absolute Gasteiger partial charge is 0.199 e. The average Bonchev–Trinajstić information content (AvgIpc) is 1.54. The SMILES string of the molecule is Bc1c(B)c(O)c(C23CC4=C[C@@H](C5=CCCC2=C5c2ccc(N(c5ccc(-c6ccccc6)cc5)c5ccc6c(c5)C(c5ccccc5)(c5ccccc5)c5cc(N(c7ccc(-c8ccccc8)cc7)c7ccc8c(c7)C7(c9c(B)c(B)c(O)c(O)c9O)CC9=C[C@H](C%10=CCCC7=C%108)C(C=C)CC9)ccc5-6)cc23)C(C=C)CC4)c(B)c1O. The van der Waals surface area contributed by atoms with Crippen LogP contribution in [0.4, 0.5) is 34.1 Å². The summed E-state index contributed by atoms with van der Waals surface area (Å²) in [5.74, 6) is 0.323. The third-order valence-electron chi connectivity index (χ3n) is 28.9. The molecule has 6 atom stereocenters. The Hall–Kier alpha value is -12.5. The van der Waals surface area contributed by atoms with Gasteiger partial charge in [0, 0.05) is 67.9 Å². The molecule has 0 aliphatic heterocycles. The van der Waals surface area contributed by atoms with Gasteiger partial charge in [-0.1, -0.05) is 234 Å². The molecule has 117 heavy (non-hydrogen) atoms. The highest BCUT2D eigenvalue weighted by Gasteiger charge is 2.56. The van der Waals surface area contributed by atoms with Crippen LogP contribution in [0, 0.1) is 23.7 Å². The second kappa shape index (κ2) is 27.3. The van der Waals surface area contributed by atoms with E-state index in [2.05, 4.69) is 302 Å². The van der Waals surface area contributed by atoms with Gasteiger partial charge < -0.3 is 35.3 Å². The number of hydrogen-bond donors (Lipinski definition) is 5. The van der Waals surface area contributed by atoms with Crippen LogP contribution in [-0.2, 0) is 16.2 Å². The number of benzene rings is 12. The maximum absolute atomic E-state index is 13.1. The molecule has 9 aliphatic rings. The molecule has 7 nitrogen and oxygen atoms in total. The van der Waals surface area contributed by atoms with Gasteiger partial charge in [-0.05, 0) is 271 Å². The fourth-order valence-corrected chi connectivity index (χ4v) is 23.4. The van der Waals surface area contributed by atoms with Crippen LogP contribution in [0.5, 0.6) is 28.7 Å². The molecule has 5 N–H and O–H groups in total. The molecule has 0 aromatic heterocycles. The average molecular weight is 1510 g/mol. The van der Waals surface area contributed by atoms with E-state index in [1.165, 1.54) is 50.1 Å². The molecular formula is C105H89B5N2O5. The van der Waals surface area contributed by atoms with Crippen molar-refractivity contribution in [1.29, 1.82) is 0 Å². The van der Waals surface area contributed by atoms with Crippen LogP contribution in [0.3, 0.4) is 0 Å². The van der Waals surface area contributed by atoms with Crippen molar-refractivity contribution in [2.75, 3.05) is 9.80 Å². The molecule has 0 fully saturated rings. The molecule has 12 heteroatoms. The summed E-state index contributed by atoms with van der Waals surface area (Å²) in [5, 5.41) is 61.9. The number of phenolic OH excluding ortho intramolecular Hbond substituents is 5. The molecule has 0 saturated heterocycles. The molecule has 12 bridgehead atoms. The monoisotopic (exact) mass is 1510 g/mol. The Bertz CT molecular complexity index is 6010. The van der Waals surface area contributed by atoms with Crippen molar-refractivity contribution >= 4 is 112 Å². The highest BCUT2D eigenvalue weighted by atomic mass is 16.3. The minimum Gasteiger partial charge on any atom is -0.509 e. The second-order valence-electron chi connectivity index (χ2n) is 34.4. The van der Waals surface area contributed by atoms with Crippen molar-refractivity contribution in [2.45, 2.75) is 80.5 Å². The van der Waals surface area contributed by atoms with Gasteiger partial charge in [0.1, 0.15) is 50.7 Å². The molecule has 9 aliphatic carbocycles. The van der Waals surface area contributed by atoms with Crippen molar-refractivity contribution in [3.05, 3.63) is 381 Å². The van der Waals surface area contributed by atoms with E-state index >= 15 is 0 Å². The number of aromatic hydroxyl groups is 5. The minimum absolute atomic E-state index is 0.146. The van der Waals surface area contributed by atoms with Crippen LogP contribution in [0.2, 0.25) is 0 Å². The van der Waals surface area contributed by atoms with Crippen molar-refractivity contribution in [3.63, 3.8) is 0 Å². The highest BCUT2D eigenvalue weighted by molar-refractivity contribution is 6.54. The molecule has 564 valence electrons. The zero-order valence-corrected chi connectivity index (χ0v) is 67.0. The fourth-order valence-electron chi connectivity index (χ4n) is 23.4. The molecule has 0 spiro atoms. The predicted molar refractivity (Wildman–Crippen MR) is 494 cm³/mol. The summed E-state index contributed by atoms with van der Waals surface area (Å²) < 4.78 is 0. The zero-order chi connectivity index (χ0) is 79.7. The first kappa shape index (κ1) is 72.2. The summed E-state index contributed by atoms with van der Waals surface area (Å²) in [6, 6.07) is 90.0. The second-order valence-corrected chi connectivity index (χ2v) is 34.4. The number of allylic oxidation sites excluding steroid dienone is 14. The third-order valence-corrected chi connectivity index (χ3v) is 28.9. The molecule has 0 heterocycles. The van der Waals surface area contributed by atoms with E-state index in [9.17, 15) is 25.5 Å². The summed E-state index contributed by atoms with van der Waals surface area (Å²) in [4.78, 5) is 4.90. The molecule has 0 amide bonds. The maximum Gasteiger partial charge on any atom is 0.199 e. The third kappa shape index (κ3) is 10.4. The van der Waals surface area contributed by atoms with Crippen molar-refractivity contribution in [2.24, 2.45) is 23.7 Å². The fraction of sp³-hybridized carbons (Fsp3) is 0.162. The first-order valence-corrected chi connectivity index (χ1v) is 42.0. The number of rotatable bonds is 14. The van der Waals surface area contributed by atoms with E-state index in [0.29, 0.717) is 40.7 Å². The molecule has 4 unspecified atom stereocenters. The van der Waals surface area contributed by atoms with Gasteiger partial charge in [-0.2, -0.15) is 0 Å². The van der Waals surface area contributed by atoms with Crippen molar-refractivity contribution < 1.29 is 25.5 Å². The Morgan fingerprint density at radius 2 is 0.701 bits per heavy atom. The number of anilines is 6. The van der Waals surface area contributed by atoms with Crippen molar-refractivity contribution in [3.8, 4) is 62.1 Å². The molecule has 21 rings (SSSR count). The molecule has 0 saturated carbocycles. The van der Waals surface area contributed by atoms with Crippen LogP contribution in [-0.4, -0.2) is 64.8 Å². The molecule has 0 radical (unpaired) electrons. The lowest BCUT2D eigenvalue weighted by Crippen LogP contribution is -2.42. The quantitative estimate of drug-likeness (QED) is 0.0319. The zero-order valence-electron chi connectivity index (χ0n) is 67.0. The van der Waals surface area contributed by atoms with E-state index < -0.39 is 22.0 Å². The standard InChI is InChI=1S/C105H89B5N2O5/c1-3-61-33-31-59-51-81(61)77-27-17-29-83-89(77)79-49-45-71(53-85(79)103(83,57-59)91-93(106)95(108)101(116)102(117)99(91)114)111(69-39-35-65(36-40-69)63-19-9-5-10-20-63)73-43-47-75-76-48-44-74(56-88(76)105(87(75)55-73,67-23-13-7-14-24-67)68-25-15-8-16-26-68)112(70-41-37-66(38-42-70)64-21-11-6-12-22-64)72-46-50-80-86(54-72)104(92-94(107)100(115)97(110)96(109)98(92)113)58-60-32-34-62(4-2)82(52-60)78-28-18-30-84(104)90(78)80/h3-16,19-28,35-56,61-62,81-82,113-117H,1-2,17-18,29-34,57-58,106-110H2/t61?,62?,81-,82+,103?,104?/m0/s1. The first-order valence-electron chi connectivity index (χ1n) is 42.0. The van der Waals surface area contributed by atoms with E-state index in [1.807, 2.05) is 39.2 Å². The summed E-state index contributed by atoms with van der Waals surface area (Å²) in [7, 11) is 9.77. The Balaban J connectivity index is 0.790. The van der Waals surface area contributed by atoms with Gasteiger partial charge in [0.05, 0.1) is 5.41 Å². The first-order chi connectivity index (χ1) is 57.0. The summed E-state index contributed by atoms with van der Waals surface area (Å²) in [5.41, 5.74) is 34.3. The van der Waals surface area contributed by atoms with E-state index in [1.54, 1.807) is 0 Å². The summed E-state index contributed by atoms with van der Waals surface area (Å²) >= 11 is 0. The van der Waals surface area contributed by atoms with Crippen LogP contribution >= 0.6 is 0 Å². The van der Waals surface area contributed by atoms with Crippen LogP contribution in [0.15, 0.2) is 326 Å². The Morgan fingerprint density at radius 3 is 1.12 bits per heavy atom. The van der Waals surface area contributed by atoms with Gasteiger partial charge in [-0.15, -0.1) is 13.2 Å².